The molecule has 1 N–H and O–H groups in total. The van der Waals surface area contributed by atoms with Gasteiger partial charge in [-0.2, -0.15) is 0 Å². The van der Waals surface area contributed by atoms with Crippen molar-refractivity contribution in [1.82, 2.24) is 15.0 Å². The number of aromatic nitrogens is 3. The van der Waals surface area contributed by atoms with Gasteiger partial charge >= 0.3 is 0 Å². The van der Waals surface area contributed by atoms with Gasteiger partial charge in [0, 0.05) is 11.3 Å². The van der Waals surface area contributed by atoms with E-state index in [2.05, 4.69) is 22.6 Å². The zero-order valence-corrected chi connectivity index (χ0v) is 14.4. The lowest BCUT2D eigenvalue weighted by atomic mass is 10.1. The van der Waals surface area contributed by atoms with Gasteiger partial charge in [0.15, 0.2) is 0 Å². The van der Waals surface area contributed by atoms with Crippen molar-refractivity contribution in [3.63, 3.8) is 0 Å². The van der Waals surface area contributed by atoms with Crippen molar-refractivity contribution in [3.8, 4) is 0 Å². The molecule has 0 atom stereocenters. The van der Waals surface area contributed by atoms with Gasteiger partial charge in [0.2, 0.25) is 0 Å². The fourth-order valence-electron chi connectivity index (χ4n) is 3.65. The molecule has 5 heteroatoms. The van der Waals surface area contributed by atoms with Crippen LogP contribution < -0.4 is 5.32 Å². The van der Waals surface area contributed by atoms with Crippen LogP contribution in [0.2, 0.25) is 0 Å². The predicted molar refractivity (Wildman–Crippen MR) is 98.8 cm³/mol. The summed E-state index contributed by atoms with van der Waals surface area (Å²) in [5.41, 5.74) is 4.39. The Bertz CT molecular complexity index is 909. The van der Waals surface area contributed by atoms with E-state index >= 15 is 0 Å². The van der Waals surface area contributed by atoms with Crippen LogP contribution in [0.15, 0.2) is 42.5 Å². The first-order valence-electron chi connectivity index (χ1n) is 9.00. The SMILES string of the molecule is CCc1ccccc1NC(=O)c1ccc2c(c1)nnn2C1CCCC1. The zero-order chi connectivity index (χ0) is 17.2. The highest BCUT2D eigenvalue weighted by atomic mass is 16.1. The first-order valence-corrected chi connectivity index (χ1v) is 9.00. The maximum atomic E-state index is 12.6. The Balaban J connectivity index is 1.60. The molecule has 128 valence electrons. The van der Waals surface area contributed by atoms with Gasteiger partial charge in [-0.25, -0.2) is 4.68 Å². The molecule has 25 heavy (non-hydrogen) atoms. The number of hydrogen-bond acceptors (Lipinski definition) is 3. The molecule has 0 bridgehead atoms. The average molecular weight is 334 g/mol. The molecule has 1 aliphatic carbocycles. The Labute approximate surface area is 147 Å². The standard InChI is InChI=1S/C20H22N4O/c1-2-14-7-3-6-10-17(14)21-20(25)15-11-12-19-18(13-15)22-23-24(19)16-8-4-5-9-16/h3,6-7,10-13,16H,2,4-5,8-9H2,1H3,(H,21,25). The lowest BCUT2D eigenvalue weighted by molar-refractivity contribution is 0.102. The van der Waals surface area contributed by atoms with Crippen LogP contribution in [0, 0.1) is 0 Å². The average Bonchev–Trinajstić information content (AvgIpc) is 3.30. The quantitative estimate of drug-likeness (QED) is 0.771. The minimum Gasteiger partial charge on any atom is -0.322 e. The number of hydrogen-bond donors (Lipinski definition) is 1. The third-order valence-corrected chi connectivity index (χ3v) is 5.05. The molecule has 0 saturated heterocycles. The van der Waals surface area contributed by atoms with Crippen LogP contribution in [-0.2, 0) is 6.42 Å². The van der Waals surface area contributed by atoms with Gasteiger partial charge < -0.3 is 5.32 Å². The number of rotatable bonds is 4. The lowest BCUT2D eigenvalue weighted by Crippen LogP contribution is -2.13. The Morgan fingerprint density at radius 3 is 2.80 bits per heavy atom. The van der Waals surface area contributed by atoms with Gasteiger partial charge in [-0.15, -0.1) is 5.10 Å². The molecule has 0 unspecified atom stereocenters. The smallest absolute Gasteiger partial charge is 0.255 e. The summed E-state index contributed by atoms with van der Waals surface area (Å²) < 4.78 is 2.02. The van der Waals surface area contributed by atoms with E-state index in [4.69, 9.17) is 0 Å². The molecule has 0 radical (unpaired) electrons. The Kier molecular flexibility index (Phi) is 4.22. The van der Waals surface area contributed by atoms with Crippen molar-refractivity contribution in [1.29, 1.82) is 0 Å². The molecular formula is C20H22N4O. The number of benzene rings is 2. The van der Waals surface area contributed by atoms with Crippen LogP contribution in [0.25, 0.3) is 11.0 Å². The topological polar surface area (TPSA) is 59.8 Å². The van der Waals surface area contributed by atoms with Crippen LogP contribution in [-0.4, -0.2) is 20.9 Å². The number of nitrogens with one attached hydrogen (secondary N) is 1. The summed E-state index contributed by atoms with van der Waals surface area (Å²) in [5.74, 6) is -0.113. The zero-order valence-electron chi connectivity index (χ0n) is 14.4. The highest BCUT2D eigenvalue weighted by Crippen LogP contribution is 2.31. The highest BCUT2D eigenvalue weighted by Gasteiger charge is 2.20. The van der Waals surface area contributed by atoms with E-state index in [0.717, 1.165) is 41.5 Å². The third kappa shape index (κ3) is 3.02. The monoisotopic (exact) mass is 334 g/mol. The number of aryl methyl sites for hydroxylation is 1. The van der Waals surface area contributed by atoms with Crippen molar-refractivity contribution < 1.29 is 4.79 Å². The van der Waals surface area contributed by atoms with E-state index in [1.807, 2.05) is 47.1 Å². The molecule has 5 nitrogen and oxygen atoms in total. The maximum absolute atomic E-state index is 12.6. The molecule has 0 spiro atoms. The summed E-state index contributed by atoms with van der Waals surface area (Å²) >= 11 is 0. The molecule has 2 aromatic carbocycles. The number of para-hydroxylation sites is 1. The fraction of sp³-hybridized carbons (Fsp3) is 0.350. The molecule has 1 aliphatic rings. The molecular weight excluding hydrogens is 312 g/mol. The van der Waals surface area contributed by atoms with Gasteiger partial charge in [-0.05, 0) is 49.1 Å². The van der Waals surface area contributed by atoms with E-state index in [1.54, 1.807) is 0 Å². The molecule has 1 aromatic heterocycles. The number of amides is 1. The molecule has 1 saturated carbocycles. The third-order valence-electron chi connectivity index (χ3n) is 5.05. The van der Waals surface area contributed by atoms with Crippen molar-refractivity contribution in [3.05, 3.63) is 53.6 Å². The summed E-state index contributed by atoms with van der Waals surface area (Å²) in [5, 5.41) is 11.6. The molecule has 3 aromatic rings. The fourth-order valence-corrected chi connectivity index (χ4v) is 3.65. The number of carbonyl (C=O) groups is 1. The number of carbonyl (C=O) groups excluding carboxylic acids is 1. The van der Waals surface area contributed by atoms with Crippen LogP contribution in [0.5, 0.6) is 0 Å². The normalized spacial score (nSPS) is 14.9. The van der Waals surface area contributed by atoms with Crippen LogP contribution in [0.1, 0.15) is 54.6 Å². The highest BCUT2D eigenvalue weighted by molar-refractivity contribution is 6.06. The molecule has 0 aliphatic heterocycles. The van der Waals surface area contributed by atoms with E-state index in [9.17, 15) is 4.79 Å². The predicted octanol–water partition coefficient (Wildman–Crippen LogP) is 4.36. The minimum absolute atomic E-state index is 0.113. The lowest BCUT2D eigenvalue weighted by Gasteiger charge is -2.11. The van der Waals surface area contributed by atoms with Gasteiger partial charge in [-0.3, -0.25) is 4.79 Å². The van der Waals surface area contributed by atoms with Gasteiger partial charge in [0.05, 0.1) is 11.6 Å². The second-order valence-corrected chi connectivity index (χ2v) is 6.64. The van der Waals surface area contributed by atoms with E-state index in [0.29, 0.717) is 11.6 Å². The number of anilines is 1. The van der Waals surface area contributed by atoms with E-state index in [1.165, 1.54) is 12.8 Å². The summed E-state index contributed by atoms with van der Waals surface area (Å²) in [4.78, 5) is 12.6. The van der Waals surface area contributed by atoms with Crippen LogP contribution in [0.4, 0.5) is 5.69 Å². The van der Waals surface area contributed by atoms with Crippen molar-refractivity contribution >= 4 is 22.6 Å². The summed E-state index contributed by atoms with van der Waals surface area (Å²) in [6.07, 6.45) is 5.71. The summed E-state index contributed by atoms with van der Waals surface area (Å²) in [6, 6.07) is 14.0. The Hall–Kier alpha value is -2.69. The summed E-state index contributed by atoms with van der Waals surface area (Å²) in [6.45, 7) is 2.08. The van der Waals surface area contributed by atoms with Crippen molar-refractivity contribution in [2.75, 3.05) is 5.32 Å². The molecule has 1 amide bonds. The van der Waals surface area contributed by atoms with Crippen molar-refractivity contribution in [2.24, 2.45) is 0 Å². The van der Waals surface area contributed by atoms with Crippen LogP contribution in [0.3, 0.4) is 0 Å². The molecule has 1 heterocycles. The van der Waals surface area contributed by atoms with Crippen molar-refractivity contribution in [2.45, 2.75) is 45.1 Å². The van der Waals surface area contributed by atoms with Gasteiger partial charge in [0.25, 0.3) is 5.91 Å². The van der Waals surface area contributed by atoms with E-state index in [-0.39, 0.29) is 5.91 Å². The summed E-state index contributed by atoms with van der Waals surface area (Å²) in [7, 11) is 0. The Morgan fingerprint density at radius 2 is 2.00 bits per heavy atom. The van der Waals surface area contributed by atoms with Gasteiger partial charge in [-0.1, -0.05) is 43.2 Å². The van der Waals surface area contributed by atoms with Gasteiger partial charge in [0.1, 0.15) is 5.52 Å². The molecule has 4 rings (SSSR count). The second kappa shape index (κ2) is 6.67. The maximum Gasteiger partial charge on any atom is 0.255 e. The Morgan fingerprint density at radius 1 is 1.20 bits per heavy atom. The van der Waals surface area contributed by atoms with Crippen LogP contribution >= 0.6 is 0 Å². The largest absolute Gasteiger partial charge is 0.322 e. The minimum atomic E-state index is -0.113. The first kappa shape index (κ1) is 15.8. The second-order valence-electron chi connectivity index (χ2n) is 6.64. The number of fused-ring (bicyclic) bond motifs is 1. The first-order chi connectivity index (χ1) is 12.3. The van der Waals surface area contributed by atoms with E-state index < -0.39 is 0 Å². The molecule has 1 fully saturated rings. The number of nitrogens with zero attached hydrogens (tertiary/aromatic N) is 3.